The van der Waals surface area contributed by atoms with Crippen LogP contribution in [-0.2, 0) is 9.47 Å². The lowest BCUT2D eigenvalue weighted by atomic mass is 10.1. The van der Waals surface area contributed by atoms with Crippen LogP contribution in [0.5, 0.6) is 0 Å². The van der Waals surface area contributed by atoms with Crippen LogP contribution in [0.25, 0.3) is 0 Å². The first-order valence-corrected chi connectivity index (χ1v) is 21.4. The van der Waals surface area contributed by atoms with Crippen LogP contribution < -0.4 is 0 Å². The molecule has 0 saturated heterocycles. The van der Waals surface area contributed by atoms with Gasteiger partial charge in [0.1, 0.15) is 0 Å². The van der Waals surface area contributed by atoms with Crippen LogP contribution in [0, 0.1) is 0 Å². The highest BCUT2D eigenvalue weighted by atomic mass is 16.5. The summed E-state index contributed by atoms with van der Waals surface area (Å²) in [4.78, 5) is 0. The van der Waals surface area contributed by atoms with Gasteiger partial charge in [-0.2, -0.15) is 0 Å². The molecule has 2 atom stereocenters. The number of aliphatic hydroxyl groups excluding tert-OH is 13. The summed E-state index contributed by atoms with van der Waals surface area (Å²) in [5, 5.41) is 116. The average Bonchev–Trinajstić information content (AvgIpc) is 3.19. The first kappa shape index (κ1) is 70.9. The summed E-state index contributed by atoms with van der Waals surface area (Å²) in [5.41, 5.74) is 0. The summed E-state index contributed by atoms with van der Waals surface area (Å²) in [6, 6.07) is 0. The van der Waals surface area contributed by atoms with E-state index in [0.29, 0.717) is 52.5 Å². The van der Waals surface area contributed by atoms with Crippen LogP contribution in [0.1, 0.15) is 156 Å². The lowest BCUT2D eigenvalue weighted by molar-refractivity contribution is -0.0466. The third-order valence-corrected chi connectivity index (χ3v) is 6.92. The van der Waals surface area contributed by atoms with E-state index in [2.05, 4.69) is 6.92 Å². The summed E-state index contributed by atoms with van der Waals surface area (Å²) < 4.78 is 9.75. The second-order valence-electron chi connectivity index (χ2n) is 13.0. The predicted molar refractivity (Wildman–Crippen MR) is 227 cm³/mol. The van der Waals surface area contributed by atoms with Gasteiger partial charge in [0.2, 0.25) is 0 Å². The van der Waals surface area contributed by atoms with Crippen molar-refractivity contribution in [2.24, 2.45) is 0 Å². The summed E-state index contributed by atoms with van der Waals surface area (Å²) in [6.07, 6.45) is 19.4. The minimum absolute atomic E-state index is 0.0417. The first-order chi connectivity index (χ1) is 27.5. The molecule has 0 spiro atoms. The van der Waals surface area contributed by atoms with Crippen LogP contribution in [0.2, 0.25) is 0 Å². The fraction of sp³-hybridized carbons (Fsp3) is 1.00. The minimum atomic E-state index is -1.10. The molecule has 0 heterocycles. The van der Waals surface area contributed by atoms with Gasteiger partial charge < -0.3 is 81.0 Å². The second kappa shape index (κ2) is 79.5. The van der Waals surface area contributed by atoms with E-state index in [1.54, 1.807) is 6.92 Å². The maximum Gasteiger partial charge on any atom is 0.151 e. The Hall–Kier alpha value is -0.640. The normalized spacial score (nSPS) is 11.1. The van der Waals surface area contributed by atoms with E-state index in [4.69, 9.17) is 81.0 Å². The van der Waals surface area contributed by atoms with Crippen LogP contribution >= 0.6 is 0 Å². The van der Waals surface area contributed by atoms with Gasteiger partial charge >= 0.3 is 0 Å². The molecule has 14 N–H and O–H groups in total. The van der Waals surface area contributed by atoms with Crippen molar-refractivity contribution in [3.8, 4) is 0 Å². The van der Waals surface area contributed by atoms with Crippen LogP contribution in [0.3, 0.4) is 0 Å². The van der Waals surface area contributed by atoms with E-state index >= 15 is 0 Å². The smallest absolute Gasteiger partial charge is 0.151 e. The molecule has 2 unspecified atom stereocenters. The molecule has 0 bridgehead atoms. The Labute approximate surface area is 347 Å². The minimum Gasteiger partial charge on any atom is -0.396 e. The molecule has 0 amide bonds. The molecule has 0 aromatic carbocycles. The number of aliphatic hydroxyl groups is 14. The van der Waals surface area contributed by atoms with E-state index in [1.165, 1.54) is 51.9 Å². The summed E-state index contributed by atoms with van der Waals surface area (Å²) in [5.74, 6) is 0. The van der Waals surface area contributed by atoms with Gasteiger partial charge in [-0.05, 0) is 71.6 Å². The van der Waals surface area contributed by atoms with Gasteiger partial charge in [0.15, 0.2) is 6.29 Å². The molecule has 0 fully saturated rings. The van der Waals surface area contributed by atoms with Crippen molar-refractivity contribution in [2.45, 2.75) is 174 Å². The Morgan fingerprint density at radius 2 is 0.596 bits per heavy atom. The van der Waals surface area contributed by atoms with Gasteiger partial charge in [-0.3, -0.25) is 0 Å². The summed E-state index contributed by atoms with van der Waals surface area (Å²) in [6.45, 7) is 8.65. The van der Waals surface area contributed by atoms with E-state index in [0.717, 1.165) is 77.0 Å². The third kappa shape index (κ3) is 126. The average molecular weight is 845 g/mol. The van der Waals surface area contributed by atoms with Crippen molar-refractivity contribution in [2.75, 3.05) is 92.5 Å². The van der Waals surface area contributed by atoms with Crippen molar-refractivity contribution in [1.82, 2.24) is 0 Å². The molecule has 0 aromatic heterocycles. The highest BCUT2D eigenvalue weighted by molar-refractivity contribution is 4.46. The van der Waals surface area contributed by atoms with Gasteiger partial charge in [-0.15, -0.1) is 0 Å². The van der Waals surface area contributed by atoms with Crippen LogP contribution in [0.15, 0.2) is 0 Å². The molecule has 0 aromatic rings. The molecule has 0 aliphatic rings. The Kier molecular flexibility index (Phi) is 98.9. The van der Waals surface area contributed by atoms with Crippen molar-refractivity contribution in [1.29, 1.82) is 0 Å². The Morgan fingerprint density at radius 3 is 0.807 bits per heavy atom. The van der Waals surface area contributed by atoms with Crippen molar-refractivity contribution >= 4 is 0 Å². The fourth-order valence-corrected chi connectivity index (χ4v) is 3.65. The second-order valence-corrected chi connectivity index (χ2v) is 13.0. The molecule has 0 saturated carbocycles. The Balaban J connectivity index is -0.000000104. The molecule has 0 radical (unpaired) electrons. The van der Waals surface area contributed by atoms with E-state index in [-0.39, 0.29) is 59.0 Å². The van der Waals surface area contributed by atoms with Crippen molar-refractivity contribution in [3.63, 3.8) is 0 Å². The number of hydrogen-bond donors (Lipinski definition) is 14. The largest absolute Gasteiger partial charge is 0.396 e. The number of hydrogen-bond acceptors (Lipinski definition) is 16. The van der Waals surface area contributed by atoms with Gasteiger partial charge in [0.05, 0.1) is 58.5 Å². The molecule has 356 valence electrons. The van der Waals surface area contributed by atoms with Crippen LogP contribution in [0.4, 0.5) is 0 Å². The van der Waals surface area contributed by atoms with Gasteiger partial charge in [0.25, 0.3) is 0 Å². The monoisotopic (exact) mass is 845 g/mol. The van der Waals surface area contributed by atoms with Gasteiger partial charge in [-0.25, -0.2) is 0 Å². The number of unbranched alkanes of at least 4 members (excludes halogenated alkanes) is 15. The topological polar surface area (TPSA) is 302 Å². The Bertz CT molecular complexity index is 523. The van der Waals surface area contributed by atoms with Crippen molar-refractivity contribution in [3.05, 3.63) is 0 Å². The quantitative estimate of drug-likeness (QED) is 0.0333. The first-order valence-electron chi connectivity index (χ1n) is 21.4. The third-order valence-electron chi connectivity index (χ3n) is 6.92. The zero-order chi connectivity index (χ0) is 44.9. The SMILES string of the molecule is CC(O)CCO.CC(O)CO.CCCCCCCC(O)O.OCCCCCCCCCCO.OCCCCCCO.OCCCCO.OCCOCCOCCO. The summed E-state index contributed by atoms with van der Waals surface area (Å²) in [7, 11) is 0. The van der Waals surface area contributed by atoms with E-state index in [1.807, 2.05) is 0 Å². The molecule has 0 aliphatic heterocycles. The zero-order valence-electron chi connectivity index (χ0n) is 36.6. The molecular weight excluding hydrogens is 748 g/mol. The molecule has 57 heavy (non-hydrogen) atoms. The highest BCUT2D eigenvalue weighted by Crippen LogP contribution is 2.08. The highest BCUT2D eigenvalue weighted by Gasteiger charge is 1.95. The maximum atomic E-state index is 8.51. The molecule has 16 heteroatoms. The molecule has 0 rings (SSSR count). The van der Waals surface area contributed by atoms with Crippen LogP contribution in [-0.4, -0.2) is 182 Å². The fourth-order valence-electron chi connectivity index (χ4n) is 3.65. The summed E-state index contributed by atoms with van der Waals surface area (Å²) >= 11 is 0. The zero-order valence-corrected chi connectivity index (χ0v) is 36.6. The maximum absolute atomic E-state index is 8.51. The van der Waals surface area contributed by atoms with Gasteiger partial charge in [-0.1, -0.05) is 84.0 Å². The van der Waals surface area contributed by atoms with E-state index < -0.39 is 12.4 Å². The molecule has 16 nitrogen and oxygen atoms in total. The lowest BCUT2D eigenvalue weighted by Crippen LogP contribution is -2.09. The lowest BCUT2D eigenvalue weighted by Gasteiger charge is -2.01. The standard InChI is InChI=1S/C10H22O2.C8H18O2.C6H14O4.C6H14O2.2C4H10O2.C3H8O2/c11-9-7-5-3-1-2-4-6-8-10-12;1-2-3-4-5-6-7-8(9)10;7-1-3-9-5-6-10-4-2-8;7-5-3-1-2-4-6-8;1-4(6)2-3-5;5-3-1-2-4-6;1-3(5)2-4/h11-12H,1-10H2;8-10H,2-7H2,1H3;7-8H,1-6H2;7-8H,1-6H2;4-6H,2-3H2,1H3;5-6H,1-4H2;3-5H,2H2,1H3. The van der Waals surface area contributed by atoms with E-state index in [9.17, 15) is 0 Å². The van der Waals surface area contributed by atoms with Crippen molar-refractivity contribution < 1.29 is 81.0 Å². The van der Waals surface area contributed by atoms with Gasteiger partial charge in [0, 0.05) is 46.2 Å². The Morgan fingerprint density at radius 1 is 0.316 bits per heavy atom. The number of rotatable bonds is 33. The predicted octanol–water partition coefficient (Wildman–Crippen LogP) is 2.15. The number of ether oxygens (including phenoxy) is 2. The molecular formula is C41H96O16. The molecule has 0 aliphatic carbocycles.